The SMILES string of the molecule is CCCn1c(SCC(=O)Nc2cccc([N+](=O)[O-])c2)nnc1-c1ccoc1C. The lowest BCUT2D eigenvalue weighted by molar-refractivity contribution is -0.384. The fraction of sp³-hybridized carbons (Fsp3) is 0.278. The zero-order valence-electron chi connectivity index (χ0n) is 15.4. The molecular weight excluding hydrogens is 382 g/mol. The third-order valence-electron chi connectivity index (χ3n) is 3.94. The normalized spacial score (nSPS) is 10.8. The number of anilines is 1. The Bertz CT molecular complexity index is 998. The van der Waals surface area contributed by atoms with Gasteiger partial charge in [0.15, 0.2) is 11.0 Å². The Hall–Kier alpha value is -3.14. The van der Waals surface area contributed by atoms with E-state index >= 15 is 0 Å². The van der Waals surface area contributed by atoms with Crippen LogP contribution in [0.3, 0.4) is 0 Å². The maximum Gasteiger partial charge on any atom is 0.271 e. The molecule has 0 aliphatic carbocycles. The summed E-state index contributed by atoms with van der Waals surface area (Å²) in [4.78, 5) is 22.6. The number of rotatable bonds is 8. The predicted molar refractivity (Wildman–Crippen MR) is 105 cm³/mol. The van der Waals surface area contributed by atoms with Crippen molar-refractivity contribution in [1.29, 1.82) is 0 Å². The van der Waals surface area contributed by atoms with Crippen LogP contribution in [0, 0.1) is 17.0 Å². The van der Waals surface area contributed by atoms with Gasteiger partial charge in [-0.25, -0.2) is 0 Å². The number of carbonyl (C=O) groups excluding carboxylic acids is 1. The number of amides is 1. The van der Waals surface area contributed by atoms with Crippen molar-refractivity contribution in [2.24, 2.45) is 0 Å². The summed E-state index contributed by atoms with van der Waals surface area (Å²) in [6, 6.07) is 7.67. The summed E-state index contributed by atoms with van der Waals surface area (Å²) in [5.74, 6) is 1.28. The maximum atomic E-state index is 12.3. The summed E-state index contributed by atoms with van der Waals surface area (Å²) < 4.78 is 7.31. The third-order valence-corrected chi connectivity index (χ3v) is 4.90. The second kappa shape index (κ2) is 8.70. The molecule has 0 unspecified atom stereocenters. The summed E-state index contributed by atoms with van der Waals surface area (Å²) in [6.45, 7) is 4.62. The first-order valence-corrected chi connectivity index (χ1v) is 9.63. The van der Waals surface area contributed by atoms with E-state index in [1.807, 2.05) is 17.6 Å². The smallest absolute Gasteiger partial charge is 0.271 e. The van der Waals surface area contributed by atoms with Gasteiger partial charge in [0, 0.05) is 24.4 Å². The Morgan fingerprint density at radius 1 is 1.36 bits per heavy atom. The van der Waals surface area contributed by atoms with Crippen LogP contribution in [0.1, 0.15) is 19.1 Å². The molecule has 3 rings (SSSR count). The van der Waals surface area contributed by atoms with E-state index in [2.05, 4.69) is 22.4 Å². The number of nitro groups is 1. The fourth-order valence-corrected chi connectivity index (χ4v) is 3.43. The molecule has 28 heavy (non-hydrogen) atoms. The molecule has 3 aromatic rings. The number of nitro benzene ring substituents is 1. The average Bonchev–Trinajstić information content (AvgIpc) is 3.26. The second-order valence-electron chi connectivity index (χ2n) is 5.99. The Morgan fingerprint density at radius 2 is 2.18 bits per heavy atom. The zero-order valence-corrected chi connectivity index (χ0v) is 16.2. The molecule has 0 atom stereocenters. The summed E-state index contributed by atoms with van der Waals surface area (Å²) in [6.07, 6.45) is 2.49. The van der Waals surface area contributed by atoms with Gasteiger partial charge in [0.2, 0.25) is 5.91 Å². The minimum atomic E-state index is -0.503. The van der Waals surface area contributed by atoms with Gasteiger partial charge < -0.3 is 14.3 Å². The first kappa shape index (κ1) is 19.6. The van der Waals surface area contributed by atoms with Crippen LogP contribution in [-0.4, -0.2) is 31.3 Å². The van der Waals surface area contributed by atoms with Crippen LogP contribution in [0.2, 0.25) is 0 Å². The van der Waals surface area contributed by atoms with E-state index in [-0.39, 0.29) is 17.3 Å². The molecule has 9 nitrogen and oxygen atoms in total. The standard InChI is InChI=1S/C18H19N5O4S/c1-3-8-22-17(15-7-9-27-12(15)2)20-21-18(22)28-11-16(24)19-13-5-4-6-14(10-13)23(25)26/h4-7,9-10H,3,8,11H2,1-2H3,(H,19,24). The van der Waals surface area contributed by atoms with Crippen molar-refractivity contribution in [2.45, 2.75) is 32.0 Å². The molecule has 2 heterocycles. The second-order valence-corrected chi connectivity index (χ2v) is 6.94. The molecule has 0 saturated heterocycles. The number of thioether (sulfide) groups is 1. The highest BCUT2D eigenvalue weighted by Gasteiger charge is 2.18. The highest BCUT2D eigenvalue weighted by molar-refractivity contribution is 7.99. The largest absolute Gasteiger partial charge is 0.469 e. The summed E-state index contributed by atoms with van der Waals surface area (Å²) >= 11 is 1.26. The Kier molecular flexibility index (Phi) is 6.09. The van der Waals surface area contributed by atoms with Crippen LogP contribution in [0.4, 0.5) is 11.4 Å². The number of hydrogen-bond acceptors (Lipinski definition) is 7. The highest BCUT2D eigenvalue weighted by Crippen LogP contribution is 2.27. The van der Waals surface area contributed by atoms with Gasteiger partial charge in [0.05, 0.1) is 22.5 Å². The van der Waals surface area contributed by atoms with Crippen LogP contribution < -0.4 is 5.32 Å². The molecule has 0 aliphatic heterocycles. The zero-order chi connectivity index (χ0) is 20.1. The van der Waals surface area contributed by atoms with Gasteiger partial charge in [0.1, 0.15) is 5.76 Å². The number of benzene rings is 1. The highest BCUT2D eigenvalue weighted by atomic mass is 32.2. The summed E-state index contributed by atoms with van der Waals surface area (Å²) in [7, 11) is 0. The minimum Gasteiger partial charge on any atom is -0.469 e. The lowest BCUT2D eigenvalue weighted by Gasteiger charge is -2.08. The molecule has 1 aromatic carbocycles. The molecule has 0 fully saturated rings. The number of nitrogens with zero attached hydrogens (tertiary/aromatic N) is 4. The molecule has 0 radical (unpaired) electrons. The van der Waals surface area contributed by atoms with Crippen molar-refractivity contribution in [1.82, 2.24) is 14.8 Å². The first-order valence-electron chi connectivity index (χ1n) is 8.64. The van der Waals surface area contributed by atoms with Crippen molar-refractivity contribution in [3.63, 3.8) is 0 Å². The number of nitrogens with one attached hydrogen (secondary N) is 1. The van der Waals surface area contributed by atoms with Gasteiger partial charge in [-0.15, -0.1) is 10.2 Å². The number of hydrogen-bond donors (Lipinski definition) is 1. The summed E-state index contributed by atoms with van der Waals surface area (Å²) in [5, 5.41) is 22.6. The molecule has 146 valence electrons. The minimum absolute atomic E-state index is 0.0757. The monoisotopic (exact) mass is 401 g/mol. The molecule has 0 spiro atoms. The maximum absolute atomic E-state index is 12.3. The van der Waals surface area contributed by atoms with Crippen molar-refractivity contribution < 1.29 is 14.1 Å². The van der Waals surface area contributed by atoms with Gasteiger partial charge in [-0.05, 0) is 25.5 Å². The number of aromatic nitrogens is 3. The first-order chi connectivity index (χ1) is 13.5. The van der Waals surface area contributed by atoms with Crippen LogP contribution in [0.5, 0.6) is 0 Å². The number of furan rings is 1. The fourth-order valence-electron chi connectivity index (χ4n) is 2.66. The van der Waals surface area contributed by atoms with E-state index in [9.17, 15) is 14.9 Å². The third kappa shape index (κ3) is 4.39. The number of carbonyl (C=O) groups is 1. The molecular formula is C18H19N5O4S. The topological polar surface area (TPSA) is 116 Å². The van der Waals surface area contributed by atoms with E-state index in [0.717, 1.165) is 17.7 Å². The van der Waals surface area contributed by atoms with Crippen molar-refractivity contribution in [3.8, 4) is 11.4 Å². The van der Waals surface area contributed by atoms with Gasteiger partial charge in [-0.1, -0.05) is 24.8 Å². The van der Waals surface area contributed by atoms with Crippen molar-refractivity contribution in [3.05, 3.63) is 52.5 Å². The van der Waals surface area contributed by atoms with E-state index in [1.54, 1.807) is 12.3 Å². The molecule has 2 aromatic heterocycles. The number of non-ortho nitro benzene ring substituents is 1. The van der Waals surface area contributed by atoms with Crippen LogP contribution >= 0.6 is 11.8 Å². The summed E-state index contributed by atoms with van der Waals surface area (Å²) in [5.41, 5.74) is 1.17. The van der Waals surface area contributed by atoms with Crippen molar-refractivity contribution >= 4 is 29.0 Å². The lowest BCUT2D eigenvalue weighted by atomic mass is 10.2. The van der Waals surface area contributed by atoms with Crippen LogP contribution in [0.25, 0.3) is 11.4 Å². The Labute approximate surface area is 165 Å². The van der Waals surface area contributed by atoms with E-state index in [1.165, 1.54) is 30.0 Å². The van der Waals surface area contributed by atoms with E-state index in [0.29, 0.717) is 23.2 Å². The van der Waals surface area contributed by atoms with E-state index < -0.39 is 4.92 Å². The molecule has 10 heteroatoms. The average molecular weight is 401 g/mol. The van der Waals surface area contributed by atoms with Gasteiger partial charge in [-0.2, -0.15) is 0 Å². The quantitative estimate of drug-likeness (QED) is 0.346. The molecule has 1 N–H and O–H groups in total. The molecule has 0 aliphatic rings. The molecule has 1 amide bonds. The predicted octanol–water partition coefficient (Wildman–Crippen LogP) is 3.90. The number of aryl methyl sites for hydroxylation is 1. The van der Waals surface area contributed by atoms with Gasteiger partial charge in [-0.3, -0.25) is 14.9 Å². The van der Waals surface area contributed by atoms with Crippen molar-refractivity contribution in [2.75, 3.05) is 11.1 Å². The van der Waals surface area contributed by atoms with Crippen LogP contribution in [0.15, 0.2) is 46.2 Å². The molecule has 0 bridgehead atoms. The lowest BCUT2D eigenvalue weighted by Crippen LogP contribution is -2.14. The van der Waals surface area contributed by atoms with E-state index in [4.69, 9.17) is 4.42 Å². The van der Waals surface area contributed by atoms with Crippen LogP contribution in [-0.2, 0) is 11.3 Å². The molecule has 0 saturated carbocycles. The Balaban J connectivity index is 1.69. The Morgan fingerprint density at radius 3 is 2.86 bits per heavy atom. The van der Waals surface area contributed by atoms with Gasteiger partial charge >= 0.3 is 0 Å². The van der Waals surface area contributed by atoms with Gasteiger partial charge in [0.25, 0.3) is 5.69 Å².